The van der Waals surface area contributed by atoms with Crippen molar-refractivity contribution in [3.63, 3.8) is 0 Å². The molecule has 0 radical (unpaired) electrons. The number of aryl methyl sites for hydroxylation is 1. The summed E-state index contributed by atoms with van der Waals surface area (Å²) in [6, 6.07) is 6.16. The fourth-order valence-corrected chi connectivity index (χ4v) is 3.00. The summed E-state index contributed by atoms with van der Waals surface area (Å²) in [4.78, 5) is 15.5. The van der Waals surface area contributed by atoms with Gasteiger partial charge in [-0.2, -0.15) is 0 Å². The second-order valence-corrected chi connectivity index (χ2v) is 6.17. The molecule has 0 aliphatic rings. The molecular formula is C13H17N3OS. The molecule has 1 aromatic heterocycles. The molecule has 0 unspecified atom stereocenters. The number of thiazole rings is 1. The van der Waals surface area contributed by atoms with E-state index in [4.69, 9.17) is 5.73 Å². The van der Waals surface area contributed by atoms with Crippen LogP contribution in [0.15, 0.2) is 18.2 Å². The molecule has 0 spiro atoms. The van der Waals surface area contributed by atoms with Crippen LogP contribution in [0.5, 0.6) is 0 Å². The molecular weight excluding hydrogens is 246 g/mol. The van der Waals surface area contributed by atoms with Crippen molar-refractivity contribution in [1.82, 2.24) is 4.98 Å². The van der Waals surface area contributed by atoms with Gasteiger partial charge in [-0.05, 0) is 38.5 Å². The Hall–Kier alpha value is -1.62. The third kappa shape index (κ3) is 2.98. The van der Waals surface area contributed by atoms with Crippen LogP contribution in [0.4, 0.5) is 5.13 Å². The van der Waals surface area contributed by atoms with Crippen LogP contribution in [0, 0.1) is 6.92 Å². The van der Waals surface area contributed by atoms with E-state index in [1.807, 2.05) is 26.0 Å². The molecule has 1 amide bonds. The Morgan fingerprint density at radius 2 is 2.22 bits per heavy atom. The van der Waals surface area contributed by atoms with Crippen molar-refractivity contribution in [1.29, 1.82) is 0 Å². The average Bonchev–Trinajstić information content (AvgIpc) is 2.55. The second kappa shape index (κ2) is 4.57. The summed E-state index contributed by atoms with van der Waals surface area (Å²) in [5, 5.41) is 4.09. The van der Waals surface area contributed by atoms with Gasteiger partial charge in [0.25, 0.3) is 0 Å². The van der Waals surface area contributed by atoms with E-state index < -0.39 is 0 Å². The highest BCUT2D eigenvalue weighted by Crippen LogP contribution is 2.29. The zero-order chi connectivity index (χ0) is 13.3. The van der Waals surface area contributed by atoms with Crippen molar-refractivity contribution in [3.05, 3.63) is 23.8 Å². The average molecular weight is 263 g/mol. The van der Waals surface area contributed by atoms with Crippen LogP contribution < -0.4 is 11.1 Å². The van der Waals surface area contributed by atoms with E-state index in [2.05, 4.69) is 23.3 Å². The summed E-state index contributed by atoms with van der Waals surface area (Å²) in [5.74, 6) is -0.315. The molecule has 0 saturated heterocycles. The van der Waals surface area contributed by atoms with Crippen LogP contribution in [0.3, 0.4) is 0 Å². The smallest absolute Gasteiger partial charge is 0.219 e. The van der Waals surface area contributed by atoms with E-state index in [0.29, 0.717) is 0 Å². The number of primary amides is 1. The molecule has 96 valence electrons. The standard InChI is InChI=1S/C13H17N3OS/c1-8-4-5-9-10(6-8)18-12(15-9)16-13(2,3)7-11(14)17/h4-6H,7H2,1-3H3,(H2,14,17)(H,15,16). The number of nitrogens with zero attached hydrogens (tertiary/aromatic N) is 1. The number of hydrogen-bond acceptors (Lipinski definition) is 4. The van der Waals surface area contributed by atoms with Gasteiger partial charge >= 0.3 is 0 Å². The number of nitrogens with two attached hydrogens (primary N) is 1. The Bertz CT molecular complexity index is 589. The lowest BCUT2D eigenvalue weighted by Crippen LogP contribution is -2.35. The number of carbonyl (C=O) groups excluding carboxylic acids is 1. The van der Waals surface area contributed by atoms with E-state index >= 15 is 0 Å². The molecule has 0 bridgehead atoms. The number of nitrogens with one attached hydrogen (secondary N) is 1. The predicted molar refractivity (Wildman–Crippen MR) is 75.9 cm³/mol. The minimum atomic E-state index is -0.380. The van der Waals surface area contributed by atoms with Crippen LogP contribution in [-0.2, 0) is 4.79 Å². The highest BCUT2D eigenvalue weighted by Gasteiger charge is 2.21. The first-order chi connectivity index (χ1) is 8.35. The van der Waals surface area contributed by atoms with Crippen LogP contribution in [-0.4, -0.2) is 16.4 Å². The largest absolute Gasteiger partial charge is 0.370 e. The minimum absolute atomic E-state index is 0.280. The lowest BCUT2D eigenvalue weighted by molar-refractivity contribution is -0.118. The molecule has 18 heavy (non-hydrogen) atoms. The first-order valence-electron chi connectivity index (χ1n) is 5.79. The topological polar surface area (TPSA) is 68.0 Å². The third-order valence-corrected chi connectivity index (χ3v) is 3.54. The zero-order valence-electron chi connectivity index (χ0n) is 10.8. The predicted octanol–water partition coefficient (Wildman–Crippen LogP) is 2.67. The van der Waals surface area contributed by atoms with Gasteiger partial charge < -0.3 is 11.1 Å². The summed E-state index contributed by atoms with van der Waals surface area (Å²) in [7, 11) is 0. The molecule has 1 aromatic carbocycles. The second-order valence-electron chi connectivity index (χ2n) is 5.14. The number of amides is 1. The number of fused-ring (bicyclic) bond motifs is 1. The normalized spacial score (nSPS) is 11.7. The first-order valence-corrected chi connectivity index (χ1v) is 6.61. The fourth-order valence-electron chi connectivity index (χ4n) is 1.85. The Balaban J connectivity index is 2.24. The number of rotatable bonds is 4. The zero-order valence-corrected chi connectivity index (χ0v) is 11.6. The van der Waals surface area contributed by atoms with Crippen molar-refractivity contribution in [2.75, 3.05) is 5.32 Å². The molecule has 4 nitrogen and oxygen atoms in total. The van der Waals surface area contributed by atoms with Crippen LogP contribution >= 0.6 is 11.3 Å². The molecule has 0 fully saturated rings. The summed E-state index contributed by atoms with van der Waals surface area (Å²) in [5.41, 5.74) is 7.04. The van der Waals surface area contributed by atoms with E-state index in [0.717, 1.165) is 15.3 Å². The monoisotopic (exact) mass is 263 g/mol. The van der Waals surface area contributed by atoms with Crippen LogP contribution in [0.1, 0.15) is 25.8 Å². The minimum Gasteiger partial charge on any atom is -0.370 e. The summed E-state index contributed by atoms with van der Waals surface area (Å²) >= 11 is 1.59. The Morgan fingerprint density at radius 1 is 1.50 bits per heavy atom. The number of carbonyl (C=O) groups is 1. The van der Waals surface area contributed by atoms with Gasteiger partial charge in [0.2, 0.25) is 5.91 Å². The van der Waals surface area contributed by atoms with Gasteiger partial charge in [-0.25, -0.2) is 4.98 Å². The maximum atomic E-state index is 11.0. The molecule has 0 atom stereocenters. The van der Waals surface area contributed by atoms with Crippen LogP contribution in [0.2, 0.25) is 0 Å². The molecule has 2 rings (SSSR count). The SMILES string of the molecule is Cc1ccc2nc(NC(C)(C)CC(N)=O)sc2c1. The maximum absolute atomic E-state index is 11.0. The molecule has 0 aliphatic heterocycles. The molecule has 1 heterocycles. The van der Waals surface area contributed by atoms with Gasteiger partial charge in [-0.15, -0.1) is 0 Å². The highest BCUT2D eigenvalue weighted by atomic mass is 32.1. The van der Waals surface area contributed by atoms with Gasteiger partial charge in [0.1, 0.15) is 0 Å². The quantitative estimate of drug-likeness (QED) is 0.891. The molecule has 0 saturated carbocycles. The van der Waals surface area contributed by atoms with Gasteiger partial charge in [0, 0.05) is 12.0 Å². The van der Waals surface area contributed by atoms with Crippen molar-refractivity contribution >= 4 is 32.6 Å². The number of aromatic nitrogens is 1. The van der Waals surface area contributed by atoms with Gasteiger partial charge in [-0.1, -0.05) is 17.4 Å². The number of benzene rings is 1. The van der Waals surface area contributed by atoms with Gasteiger partial charge in [0.05, 0.1) is 10.2 Å². The third-order valence-electron chi connectivity index (χ3n) is 2.61. The molecule has 2 aromatic rings. The number of anilines is 1. The Kier molecular flexibility index (Phi) is 3.26. The van der Waals surface area contributed by atoms with E-state index in [-0.39, 0.29) is 17.9 Å². The van der Waals surface area contributed by atoms with Crippen molar-refractivity contribution in [2.24, 2.45) is 5.73 Å². The molecule has 3 N–H and O–H groups in total. The van der Waals surface area contributed by atoms with E-state index in [9.17, 15) is 4.79 Å². The Labute approximate surface area is 110 Å². The van der Waals surface area contributed by atoms with Crippen molar-refractivity contribution < 1.29 is 4.79 Å². The highest BCUT2D eigenvalue weighted by molar-refractivity contribution is 7.22. The van der Waals surface area contributed by atoms with Gasteiger partial charge in [0.15, 0.2) is 5.13 Å². The van der Waals surface area contributed by atoms with Crippen LogP contribution in [0.25, 0.3) is 10.2 Å². The summed E-state index contributed by atoms with van der Waals surface area (Å²) in [6.07, 6.45) is 0.280. The first kappa shape index (κ1) is 12.8. The lowest BCUT2D eigenvalue weighted by Gasteiger charge is -2.24. The summed E-state index contributed by atoms with van der Waals surface area (Å²) < 4.78 is 1.15. The van der Waals surface area contributed by atoms with E-state index in [1.54, 1.807) is 11.3 Å². The maximum Gasteiger partial charge on any atom is 0.219 e. The fraction of sp³-hybridized carbons (Fsp3) is 0.385. The lowest BCUT2D eigenvalue weighted by atomic mass is 10.0. The van der Waals surface area contributed by atoms with E-state index in [1.165, 1.54) is 5.56 Å². The van der Waals surface area contributed by atoms with Crippen molar-refractivity contribution in [3.8, 4) is 0 Å². The Morgan fingerprint density at radius 3 is 2.89 bits per heavy atom. The summed E-state index contributed by atoms with van der Waals surface area (Å²) in [6.45, 7) is 5.94. The number of hydrogen-bond donors (Lipinski definition) is 2. The molecule has 5 heteroatoms. The van der Waals surface area contributed by atoms with Gasteiger partial charge in [-0.3, -0.25) is 4.79 Å². The van der Waals surface area contributed by atoms with Crippen molar-refractivity contribution in [2.45, 2.75) is 32.7 Å². The molecule has 0 aliphatic carbocycles.